The summed E-state index contributed by atoms with van der Waals surface area (Å²) in [7, 11) is 0.645. The highest BCUT2D eigenvalue weighted by Crippen LogP contribution is 1.84. The van der Waals surface area contributed by atoms with Crippen LogP contribution in [0.2, 0.25) is 0 Å². The van der Waals surface area contributed by atoms with E-state index in [0.29, 0.717) is 10.9 Å². The van der Waals surface area contributed by atoms with Gasteiger partial charge in [-0.05, 0) is 10.9 Å². The van der Waals surface area contributed by atoms with Crippen LogP contribution in [0.4, 0.5) is 0 Å². The molecule has 0 aromatic carbocycles. The van der Waals surface area contributed by atoms with Crippen LogP contribution in [0.1, 0.15) is 6.42 Å². The van der Waals surface area contributed by atoms with Crippen molar-refractivity contribution in [2.45, 2.75) is 6.42 Å². The van der Waals surface area contributed by atoms with Crippen molar-refractivity contribution in [2.24, 2.45) is 0 Å². The largest absolute Gasteiger partial charge is 0.357 e. The Morgan fingerprint density at radius 2 is 2.00 bits per heavy atom. The molecule has 0 saturated heterocycles. The standard InChI is InChI=1S/C5H14NS/c1-7(2)5-3-4-6/h3-6H2,1-2H3/q+1/p+1. The van der Waals surface area contributed by atoms with Crippen LogP contribution in [-0.2, 0) is 10.9 Å². The lowest BCUT2D eigenvalue weighted by Crippen LogP contribution is -2.50. The molecule has 0 heterocycles. The summed E-state index contributed by atoms with van der Waals surface area (Å²) in [6, 6.07) is 0. The van der Waals surface area contributed by atoms with E-state index in [2.05, 4.69) is 18.2 Å². The Kier molecular flexibility index (Phi) is 4.67. The summed E-state index contributed by atoms with van der Waals surface area (Å²) in [4.78, 5) is 0. The quantitative estimate of drug-likeness (QED) is 0.487. The van der Waals surface area contributed by atoms with Crippen LogP contribution in [0.3, 0.4) is 0 Å². The molecule has 3 N–H and O–H groups in total. The van der Waals surface area contributed by atoms with Crippen LogP contribution in [0, 0.1) is 0 Å². The zero-order valence-electron chi connectivity index (χ0n) is 5.24. The van der Waals surface area contributed by atoms with E-state index in [1.54, 1.807) is 0 Å². The first-order valence-electron chi connectivity index (χ1n) is 2.61. The summed E-state index contributed by atoms with van der Waals surface area (Å²) in [5.74, 6) is 1.36. The fraction of sp³-hybridized carbons (Fsp3) is 1.00. The summed E-state index contributed by atoms with van der Waals surface area (Å²) in [5, 5.41) is 0. The molecule has 0 unspecified atom stereocenters. The van der Waals surface area contributed by atoms with Crippen molar-refractivity contribution in [3.05, 3.63) is 0 Å². The Labute approximate surface area is 48.6 Å². The fourth-order valence-corrected chi connectivity index (χ4v) is 1.17. The van der Waals surface area contributed by atoms with Crippen LogP contribution in [-0.4, -0.2) is 24.8 Å². The Morgan fingerprint density at radius 1 is 1.43 bits per heavy atom. The maximum atomic E-state index is 3.76. The maximum absolute atomic E-state index is 3.76. The molecule has 0 saturated carbocycles. The van der Waals surface area contributed by atoms with Gasteiger partial charge < -0.3 is 5.73 Å². The lowest BCUT2D eigenvalue weighted by atomic mass is 10.5. The van der Waals surface area contributed by atoms with Crippen molar-refractivity contribution in [3.8, 4) is 0 Å². The molecule has 0 aromatic rings. The Bertz CT molecular complexity index is 37.1. The number of hydrogen-bond donors (Lipinski definition) is 1. The molecule has 7 heavy (non-hydrogen) atoms. The van der Waals surface area contributed by atoms with E-state index in [-0.39, 0.29) is 0 Å². The highest BCUT2D eigenvalue weighted by atomic mass is 32.2. The van der Waals surface area contributed by atoms with E-state index in [4.69, 9.17) is 0 Å². The third-order valence-electron chi connectivity index (χ3n) is 0.803. The normalized spacial score (nSPS) is 10.3. The van der Waals surface area contributed by atoms with E-state index < -0.39 is 0 Å². The van der Waals surface area contributed by atoms with Crippen molar-refractivity contribution in [1.82, 2.24) is 0 Å². The van der Waals surface area contributed by atoms with Crippen LogP contribution in [0.25, 0.3) is 0 Å². The number of quaternary nitrogens is 1. The van der Waals surface area contributed by atoms with Gasteiger partial charge in [0.25, 0.3) is 0 Å². The van der Waals surface area contributed by atoms with Crippen LogP contribution < -0.4 is 5.73 Å². The molecule has 2 heteroatoms. The minimum absolute atomic E-state index is 0.645. The number of hydrogen-bond acceptors (Lipinski definition) is 0. The second-order valence-corrected chi connectivity index (χ2v) is 4.28. The van der Waals surface area contributed by atoms with Gasteiger partial charge in [0.15, 0.2) is 0 Å². The van der Waals surface area contributed by atoms with Gasteiger partial charge in [0, 0.05) is 6.42 Å². The average molecular weight is 121 g/mol. The van der Waals surface area contributed by atoms with Gasteiger partial charge in [-0.3, -0.25) is 0 Å². The molecule has 0 fully saturated rings. The molecular weight excluding hydrogens is 106 g/mol. The van der Waals surface area contributed by atoms with E-state index in [9.17, 15) is 0 Å². The summed E-state index contributed by atoms with van der Waals surface area (Å²) in [6.45, 7) is 1.10. The predicted octanol–water partition coefficient (Wildman–Crippen LogP) is -0.504. The van der Waals surface area contributed by atoms with Crippen molar-refractivity contribution in [2.75, 3.05) is 24.8 Å². The van der Waals surface area contributed by atoms with E-state index >= 15 is 0 Å². The van der Waals surface area contributed by atoms with Gasteiger partial charge in [-0.15, -0.1) is 0 Å². The van der Waals surface area contributed by atoms with Gasteiger partial charge in [-0.25, -0.2) is 0 Å². The van der Waals surface area contributed by atoms with Crippen molar-refractivity contribution in [1.29, 1.82) is 0 Å². The first-order chi connectivity index (χ1) is 3.27. The molecule has 0 aliphatic heterocycles. The smallest absolute Gasteiger partial charge is 0.113 e. The van der Waals surface area contributed by atoms with Crippen LogP contribution >= 0.6 is 0 Å². The summed E-state index contributed by atoms with van der Waals surface area (Å²) in [6.07, 6.45) is 5.85. The lowest BCUT2D eigenvalue weighted by Gasteiger charge is -1.89. The van der Waals surface area contributed by atoms with E-state index in [1.807, 2.05) is 0 Å². The molecule has 0 atom stereocenters. The molecule has 0 spiro atoms. The topological polar surface area (TPSA) is 27.6 Å². The molecular formula is C5H15NS+2. The molecule has 0 radical (unpaired) electrons. The molecule has 0 aliphatic rings. The summed E-state index contributed by atoms with van der Waals surface area (Å²) < 4.78 is 0. The second-order valence-electron chi connectivity index (χ2n) is 1.90. The molecule has 1 nitrogen and oxygen atoms in total. The Balaban J connectivity index is 2.68. The average Bonchev–Trinajstić information content (AvgIpc) is 1.61. The minimum Gasteiger partial charge on any atom is -0.357 e. The SMILES string of the molecule is C[S+](C)CCC[NH3+]. The summed E-state index contributed by atoms with van der Waals surface area (Å²) in [5.41, 5.74) is 3.76. The fourth-order valence-electron chi connectivity index (χ4n) is 0.391. The van der Waals surface area contributed by atoms with Crippen molar-refractivity contribution < 1.29 is 5.73 Å². The van der Waals surface area contributed by atoms with Gasteiger partial charge in [-0.2, -0.15) is 0 Å². The molecule has 0 amide bonds. The number of rotatable bonds is 3. The van der Waals surface area contributed by atoms with Gasteiger partial charge >= 0.3 is 0 Å². The van der Waals surface area contributed by atoms with Gasteiger partial charge in [0.05, 0.1) is 19.1 Å². The zero-order chi connectivity index (χ0) is 5.70. The Hall–Kier alpha value is 0.310. The highest BCUT2D eigenvalue weighted by Gasteiger charge is 1.98. The lowest BCUT2D eigenvalue weighted by molar-refractivity contribution is -0.367. The molecule has 0 bridgehead atoms. The van der Waals surface area contributed by atoms with E-state index in [1.165, 1.54) is 12.2 Å². The van der Waals surface area contributed by atoms with Gasteiger partial charge in [0.1, 0.15) is 5.75 Å². The summed E-state index contributed by atoms with van der Waals surface area (Å²) >= 11 is 0. The van der Waals surface area contributed by atoms with E-state index in [0.717, 1.165) is 6.54 Å². The van der Waals surface area contributed by atoms with Crippen molar-refractivity contribution in [3.63, 3.8) is 0 Å². The molecule has 44 valence electrons. The Morgan fingerprint density at radius 3 is 2.14 bits per heavy atom. The third kappa shape index (κ3) is 6.31. The van der Waals surface area contributed by atoms with Gasteiger partial charge in [-0.1, -0.05) is 0 Å². The van der Waals surface area contributed by atoms with Crippen molar-refractivity contribution >= 4 is 10.9 Å². The van der Waals surface area contributed by atoms with Gasteiger partial charge in [0.2, 0.25) is 0 Å². The third-order valence-corrected chi connectivity index (χ3v) is 1.91. The highest BCUT2D eigenvalue weighted by molar-refractivity contribution is 7.95. The molecule has 0 aliphatic carbocycles. The monoisotopic (exact) mass is 121 g/mol. The first-order valence-corrected chi connectivity index (χ1v) is 4.82. The van der Waals surface area contributed by atoms with Crippen LogP contribution in [0.15, 0.2) is 0 Å². The first kappa shape index (κ1) is 7.31. The zero-order valence-corrected chi connectivity index (χ0v) is 6.05. The molecule has 0 aromatic heterocycles. The molecule has 0 rings (SSSR count). The van der Waals surface area contributed by atoms with Crippen LogP contribution in [0.5, 0.6) is 0 Å². The maximum Gasteiger partial charge on any atom is 0.113 e. The predicted molar refractivity (Wildman–Crippen MR) is 36.5 cm³/mol. The second kappa shape index (κ2) is 4.47. The minimum atomic E-state index is 0.645.